The Balaban J connectivity index is 0. The lowest BCUT2D eigenvalue weighted by molar-refractivity contribution is 0.142. The molecule has 68 valence electrons. The van der Waals surface area contributed by atoms with Crippen LogP contribution in [0.25, 0.3) is 0 Å². The molecule has 0 aromatic rings. The number of carboxylic acid groups (broad SMARTS) is 1. The van der Waals surface area contributed by atoms with Crippen molar-refractivity contribution in [2.45, 2.75) is 6.17 Å². The summed E-state index contributed by atoms with van der Waals surface area (Å²) < 4.78 is 12.3. The molecule has 0 heterocycles. The number of carbonyl (C=O) groups is 1. The molecule has 0 rings (SSSR count). The Kier molecular flexibility index (Phi) is 7.34. The Morgan fingerprint density at radius 3 is 2.55 bits per heavy atom. The van der Waals surface area contributed by atoms with E-state index in [0.29, 0.717) is 0 Å². The van der Waals surface area contributed by atoms with Crippen molar-refractivity contribution in [3.8, 4) is 0 Å². The van der Waals surface area contributed by atoms with Crippen LogP contribution < -0.4 is 5.73 Å². The Labute approximate surface area is 70.6 Å². The second kappa shape index (κ2) is 6.18. The molecule has 0 aliphatic carbocycles. The molecular formula is C5H12ClFN2O2. The smallest absolute Gasteiger partial charge is 0.407 e. The molecule has 0 unspecified atom stereocenters. The van der Waals surface area contributed by atoms with Gasteiger partial charge in [-0.05, 0) is 0 Å². The van der Waals surface area contributed by atoms with Gasteiger partial charge in [0.25, 0.3) is 0 Å². The first-order valence-electron chi connectivity index (χ1n) is 2.86. The third-order valence-corrected chi connectivity index (χ3v) is 1.05. The minimum Gasteiger partial charge on any atom is -0.465 e. The van der Waals surface area contributed by atoms with Crippen LogP contribution in [-0.2, 0) is 0 Å². The van der Waals surface area contributed by atoms with E-state index in [-0.39, 0.29) is 25.5 Å². The van der Waals surface area contributed by atoms with Gasteiger partial charge in [0.2, 0.25) is 0 Å². The highest BCUT2D eigenvalue weighted by Gasteiger charge is 2.11. The minimum atomic E-state index is -1.26. The normalized spacial score (nSPS) is 11.5. The zero-order valence-electron chi connectivity index (χ0n) is 6.16. The number of amides is 1. The molecule has 0 spiro atoms. The van der Waals surface area contributed by atoms with Gasteiger partial charge in [-0.15, -0.1) is 12.4 Å². The van der Waals surface area contributed by atoms with E-state index in [2.05, 4.69) is 0 Å². The summed E-state index contributed by atoms with van der Waals surface area (Å²) in [5.74, 6) is 0. The molecule has 4 nitrogen and oxygen atoms in total. The first-order valence-corrected chi connectivity index (χ1v) is 2.86. The first-order chi connectivity index (χ1) is 4.57. The summed E-state index contributed by atoms with van der Waals surface area (Å²) >= 11 is 0. The van der Waals surface area contributed by atoms with Gasteiger partial charge in [-0.25, -0.2) is 9.18 Å². The average Bonchev–Trinajstić information content (AvgIpc) is 1.87. The van der Waals surface area contributed by atoms with Gasteiger partial charge in [0.05, 0.1) is 6.54 Å². The highest BCUT2D eigenvalue weighted by Crippen LogP contribution is 1.91. The molecule has 11 heavy (non-hydrogen) atoms. The lowest BCUT2D eigenvalue weighted by atomic mass is 10.4. The zero-order valence-corrected chi connectivity index (χ0v) is 6.97. The van der Waals surface area contributed by atoms with Crippen molar-refractivity contribution in [2.75, 3.05) is 20.1 Å². The predicted molar refractivity (Wildman–Crippen MR) is 41.9 cm³/mol. The number of nitrogens with two attached hydrogens (primary N) is 1. The maximum atomic E-state index is 12.3. The second-order valence-corrected chi connectivity index (χ2v) is 2.00. The highest BCUT2D eigenvalue weighted by molar-refractivity contribution is 5.85. The Morgan fingerprint density at radius 2 is 2.27 bits per heavy atom. The maximum absolute atomic E-state index is 12.3. The van der Waals surface area contributed by atoms with Gasteiger partial charge in [-0.1, -0.05) is 0 Å². The van der Waals surface area contributed by atoms with E-state index in [9.17, 15) is 9.18 Å². The lowest BCUT2D eigenvalue weighted by Gasteiger charge is -2.14. The molecule has 0 fully saturated rings. The fraction of sp³-hybridized carbons (Fsp3) is 0.800. The minimum absolute atomic E-state index is 0. The molecule has 0 aromatic heterocycles. The highest BCUT2D eigenvalue weighted by atomic mass is 35.5. The Hall–Kier alpha value is -0.550. The third kappa shape index (κ3) is 5.87. The van der Waals surface area contributed by atoms with Crippen molar-refractivity contribution in [3.05, 3.63) is 0 Å². The number of rotatable bonds is 3. The SMILES string of the molecule is CN(C[C@H](F)CN)C(=O)O.Cl. The quantitative estimate of drug-likeness (QED) is 0.667. The van der Waals surface area contributed by atoms with Crippen molar-refractivity contribution in [1.82, 2.24) is 4.90 Å². The molecule has 1 amide bonds. The third-order valence-electron chi connectivity index (χ3n) is 1.05. The van der Waals surface area contributed by atoms with E-state index >= 15 is 0 Å². The van der Waals surface area contributed by atoms with Crippen LogP contribution >= 0.6 is 12.4 Å². The summed E-state index contributed by atoms with van der Waals surface area (Å²) in [5.41, 5.74) is 4.93. The molecule has 0 aliphatic heterocycles. The molecule has 0 aliphatic rings. The van der Waals surface area contributed by atoms with Crippen molar-refractivity contribution in [3.63, 3.8) is 0 Å². The summed E-state index contributed by atoms with van der Waals surface area (Å²) in [5, 5.41) is 8.24. The summed E-state index contributed by atoms with van der Waals surface area (Å²) in [7, 11) is 1.30. The molecule has 0 bridgehead atoms. The summed E-state index contributed by atoms with van der Waals surface area (Å²) in [6, 6.07) is 0. The van der Waals surface area contributed by atoms with Gasteiger partial charge in [0.15, 0.2) is 0 Å². The number of halogens is 2. The number of alkyl halides is 1. The van der Waals surface area contributed by atoms with Gasteiger partial charge in [-0.3, -0.25) is 0 Å². The van der Waals surface area contributed by atoms with Crippen LogP contribution in [0.2, 0.25) is 0 Å². The van der Waals surface area contributed by atoms with E-state index in [0.717, 1.165) is 4.90 Å². The van der Waals surface area contributed by atoms with Crippen molar-refractivity contribution >= 4 is 18.5 Å². The van der Waals surface area contributed by atoms with Crippen LogP contribution in [0.1, 0.15) is 0 Å². The van der Waals surface area contributed by atoms with E-state index in [1.807, 2.05) is 0 Å². The number of hydrogen-bond acceptors (Lipinski definition) is 2. The summed E-state index contributed by atoms with van der Waals surface area (Å²) in [6.45, 7) is -0.302. The molecule has 6 heteroatoms. The monoisotopic (exact) mass is 186 g/mol. The molecular weight excluding hydrogens is 175 g/mol. The molecule has 0 saturated heterocycles. The van der Waals surface area contributed by atoms with E-state index in [1.54, 1.807) is 0 Å². The molecule has 3 N–H and O–H groups in total. The van der Waals surface area contributed by atoms with Gasteiger partial charge in [0, 0.05) is 13.6 Å². The van der Waals surface area contributed by atoms with Crippen molar-refractivity contribution in [2.24, 2.45) is 5.73 Å². The summed E-state index contributed by atoms with van der Waals surface area (Å²) in [4.78, 5) is 10.9. The molecule has 0 radical (unpaired) electrons. The predicted octanol–water partition coefficient (Wildman–Crippen LogP) is 0.315. The van der Waals surface area contributed by atoms with Gasteiger partial charge in [-0.2, -0.15) is 0 Å². The average molecular weight is 187 g/mol. The van der Waals surface area contributed by atoms with Crippen molar-refractivity contribution < 1.29 is 14.3 Å². The largest absolute Gasteiger partial charge is 0.465 e. The fourth-order valence-corrected chi connectivity index (χ4v) is 0.450. The van der Waals surface area contributed by atoms with Crippen LogP contribution in [0.4, 0.5) is 9.18 Å². The van der Waals surface area contributed by atoms with Gasteiger partial charge >= 0.3 is 6.09 Å². The first kappa shape index (κ1) is 13.1. The number of nitrogens with zero attached hydrogens (tertiary/aromatic N) is 1. The summed E-state index contributed by atoms with van der Waals surface area (Å²) in [6.07, 6.45) is -2.41. The molecule has 0 saturated carbocycles. The second-order valence-electron chi connectivity index (χ2n) is 2.00. The number of hydrogen-bond donors (Lipinski definition) is 2. The van der Waals surface area contributed by atoms with Crippen LogP contribution in [0, 0.1) is 0 Å². The van der Waals surface area contributed by atoms with Gasteiger partial charge < -0.3 is 15.7 Å². The molecule has 0 aromatic carbocycles. The van der Waals surface area contributed by atoms with Crippen LogP contribution in [-0.4, -0.2) is 42.4 Å². The zero-order chi connectivity index (χ0) is 8.15. The molecule has 1 atom stereocenters. The van der Waals surface area contributed by atoms with E-state index in [4.69, 9.17) is 10.8 Å². The van der Waals surface area contributed by atoms with Gasteiger partial charge in [0.1, 0.15) is 6.17 Å². The standard InChI is InChI=1S/C5H11FN2O2.ClH/c1-8(5(9)10)3-4(6)2-7;/h4H,2-3,7H2,1H3,(H,9,10);1H/t4-;/m1./s1. The topological polar surface area (TPSA) is 66.6 Å². The van der Waals surface area contributed by atoms with E-state index < -0.39 is 12.3 Å². The fourth-order valence-electron chi connectivity index (χ4n) is 0.450. The van der Waals surface area contributed by atoms with Crippen LogP contribution in [0.5, 0.6) is 0 Å². The maximum Gasteiger partial charge on any atom is 0.407 e. The van der Waals surface area contributed by atoms with Crippen LogP contribution in [0.15, 0.2) is 0 Å². The Morgan fingerprint density at radius 1 is 1.82 bits per heavy atom. The van der Waals surface area contributed by atoms with Crippen molar-refractivity contribution in [1.29, 1.82) is 0 Å². The van der Waals surface area contributed by atoms with E-state index in [1.165, 1.54) is 7.05 Å². The lowest BCUT2D eigenvalue weighted by Crippen LogP contribution is -2.34. The van der Waals surface area contributed by atoms with Crippen LogP contribution in [0.3, 0.4) is 0 Å². The Bertz CT molecular complexity index is 125.